The van der Waals surface area contributed by atoms with Gasteiger partial charge in [-0.15, -0.1) is 0 Å². The number of hydrogen-bond acceptors (Lipinski definition) is 3. The van der Waals surface area contributed by atoms with Crippen LogP contribution in [0.2, 0.25) is 0 Å². The number of nitrogens with one attached hydrogen (secondary N) is 1. The summed E-state index contributed by atoms with van der Waals surface area (Å²) in [5.74, 6) is -0.857. The Bertz CT molecular complexity index is 394. The summed E-state index contributed by atoms with van der Waals surface area (Å²) in [4.78, 5) is 11.3. The lowest BCUT2D eigenvalue weighted by molar-refractivity contribution is -0.141. The Morgan fingerprint density at radius 2 is 1.84 bits per heavy atom. The lowest BCUT2D eigenvalue weighted by Gasteiger charge is -2.27. The summed E-state index contributed by atoms with van der Waals surface area (Å²) < 4.78 is 0. The molecule has 0 spiro atoms. The first-order chi connectivity index (χ1) is 8.97. The molecule has 4 heteroatoms. The molecule has 4 unspecified atom stereocenters. The van der Waals surface area contributed by atoms with Crippen molar-refractivity contribution in [3.63, 3.8) is 0 Å². The van der Waals surface area contributed by atoms with Gasteiger partial charge in [0.25, 0.3) is 0 Å². The zero-order valence-electron chi connectivity index (χ0n) is 11.7. The third-order valence-corrected chi connectivity index (χ3v) is 3.54. The molecule has 0 amide bonds. The van der Waals surface area contributed by atoms with E-state index < -0.39 is 18.1 Å². The van der Waals surface area contributed by atoms with Crippen molar-refractivity contribution in [1.82, 2.24) is 5.32 Å². The van der Waals surface area contributed by atoms with Crippen LogP contribution in [0.3, 0.4) is 0 Å². The minimum atomic E-state index is -0.874. The topological polar surface area (TPSA) is 69.6 Å². The van der Waals surface area contributed by atoms with Crippen molar-refractivity contribution < 1.29 is 15.0 Å². The maximum absolute atomic E-state index is 11.3. The molecule has 19 heavy (non-hydrogen) atoms. The van der Waals surface area contributed by atoms with E-state index in [9.17, 15) is 15.0 Å². The van der Waals surface area contributed by atoms with Crippen molar-refractivity contribution in [2.24, 2.45) is 5.92 Å². The molecular formula is C15H23NO3. The van der Waals surface area contributed by atoms with Gasteiger partial charge in [0.05, 0.1) is 6.10 Å². The molecular weight excluding hydrogens is 242 g/mol. The van der Waals surface area contributed by atoms with Gasteiger partial charge < -0.3 is 10.2 Å². The average Bonchev–Trinajstić information content (AvgIpc) is 2.43. The number of aliphatic hydroxyl groups excluding tert-OH is 1. The van der Waals surface area contributed by atoms with Crippen LogP contribution in [-0.2, 0) is 4.79 Å². The first-order valence-corrected chi connectivity index (χ1v) is 6.69. The highest BCUT2D eigenvalue weighted by Crippen LogP contribution is 2.18. The van der Waals surface area contributed by atoms with Crippen LogP contribution in [0.15, 0.2) is 30.3 Å². The van der Waals surface area contributed by atoms with Crippen LogP contribution in [0.25, 0.3) is 0 Å². The molecule has 0 fully saturated rings. The van der Waals surface area contributed by atoms with Crippen LogP contribution in [0.4, 0.5) is 0 Å². The molecule has 4 atom stereocenters. The van der Waals surface area contributed by atoms with E-state index in [4.69, 9.17) is 0 Å². The second kappa shape index (κ2) is 7.26. The van der Waals surface area contributed by atoms with Crippen molar-refractivity contribution in [3.8, 4) is 0 Å². The van der Waals surface area contributed by atoms with E-state index in [1.807, 2.05) is 44.2 Å². The predicted molar refractivity (Wildman–Crippen MR) is 74.9 cm³/mol. The van der Waals surface area contributed by atoms with Crippen LogP contribution in [0.5, 0.6) is 0 Å². The largest absolute Gasteiger partial charge is 0.480 e. The fraction of sp³-hybridized carbons (Fsp3) is 0.533. The number of benzene rings is 1. The summed E-state index contributed by atoms with van der Waals surface area (Å²) in [7, 11) is 0. The maximum atomic E-state index is 11.3. The summed E-state index contributed by atoms with van der Waals surface area (Å²) in [5, 5.41) is 22.5. The van der Waals surface area contributed by atoms with Gasteiger partial charge in [0.15, 0.2) is 0 Å². The Morgan fingerprint density at radius 1 is 1.26 bits per heavy atom. The number of carboxylic acids is 1. The molecule has 0 aromatic heterocycles. The molecule has 1 aromatic carbocycles. The second-order valence-corrected chi connectivity index (χ2v) is 5.01. The zero-order valence-corrected chi connectivity index (χ0v) is 11.7. The third kappa shape index (κ3) is 4.33. The fourth-order valence-electron chi connectivity index (χ4n) is 2.03. The molecule has 0 aliphatic heterocycles. The summed E-state index contributed by atoms with van der Waals surface area (Å²) in [6.07, 6.45) is 0.0603. The van der Waals surface area contributed by atoms with Crippen LogP contribution in [0, 0.1) is 5.92 Å². The van der Waals surface area contributed by atoms with Gasteiger partial charge in [0.1, 0.15) is 6.04 Å². The zero-order chi connectivity index (χ0) is 14.4. The van der Waals surface area contributed by atoms with Crippen molar-refractivity contribution in [3.05, 3.63) is 35.9 Å². The average molecular weight is 265 g/mol. The van der Waals surface area contributed by atoms with Crippen molar-refractivity contribution in [1.29, 1.82) is 0 Å². The smallest absolute Gasteiger partial charge is 0.320 e. The van der Waals surface area contributed by atoms with E-state index in [0.29, 0.717) is 0 Å². The molecule has 4 nitrogen and oxygen atoms in total. The molecule has 0 saturated carbocycles. The minimum absolute atomic E-state index is 0.0166. The van der Waals surface area contributed by atoms with Gasteiger partial charge in [-0.2, -0.15) is 0 Å². The van der Waals surface area contributed by atoms with Gasteiger partial charge in [0.2, 0.25) is 0 Å². The quantitative estimate of drug-likeness (QED) is 0.707. The standard InChI is InChI=1S/C15H23NO3/c1-4-10(2)13(15(18)19)16-11(3)14(17)12-8-6-5-7-9-12/h5-11,13-14,16-17H,4H2,1-3H3,(H,18,19). The second-order valence-electron chi connectivity index (χ2n) is 5.01. The number of hydrogen-bond donors (Lipinski definition) is 3. The summed E-state index contributed by atoms with van der Waals surface area (Å²) in [5.41, 5.74) is 0.788. The van der Waals surface area contributed by atoms with Gasteiger partial charge in [-0.1, -0.05) is 50.6 Å². The number of rotatable bonds is 7. The van der Waals surface area contributed by atoms with Gasteiger partial charge in [0, 0.05) is 6.04 Å². The van der Waals surface area contributed by atoms with Gasteiger partial charge in [-0.25, -0.2) is 0 Å². The molecule has 0 bridgehead atoms. The Labute approximate surface area is 114 Å². The third-order valence-electron chi connectivity index (χ3n) is 3.54. The van der Waals surface area contributed by atoms with Crippen LogP contribution in [-0.4, -0.2) is 28.3 Å². The molecule has 1 rings (SSSR count). The number of aliphatic carboxylic acids is 1. The lowest BCUT2D eigenvalue weighted by atomic mass is 9.96. The Morgan fingerprint density at radius 3 is 2.32 bits per heavy atom. The Balaban J connectivity index is 2.72. The lowest BCUT2D eigenvalue weighted by Crippen LogP contribution is -2.48. The van der Waals surface area contributed by atoms with E-state index in [0.717, 1.165) is 12.0 Å². The fourth-order valence-corrected chi connectivity index (χ4v) is 2.03. The Hall–Kier alpha value is -1.39. The highest BCUT2D eigenvalue weighted by molar-refractivity contribution is 5.73. The van der Waals surface area contributed by atoms with Gasteiger partial charge >= 0.3 is 5.97 Å². The highest BCUT2D eigenvalue weighted by Gasteiger charge is 2.27. The van der Waals surface area contributed by atoms with E-state index >= 15 is 0 Å². The maximum Gasteiger partial charge on any atom is 0.320 e. The highest BCUT2D eigenvalue weighted by atomic mass is 16.4. The van der Waals surface area contributed by atoms with Crippen LogP contribution >= 0.6 is 0 Å². The monoisotopic (exact) mass is 265 g/mol. The number of aliphatic hydroxyl groups is 1. The van der Waals surface area contributed by atoms with Crippen molar-refractivity contribution in [2.45, 2.75) is 45.4 Å². The van der Waals surface area contributed by atoms with Gasteiger partial charge in [-0.05, 0) is 18.4 Å². The normalized spacial score (nSPS) is 17.5. The molecule has 0 radical (unpaired) electrons. The number of carbonyl (C=O) groups is 1. The molecule has 0 heterocycles. The minimum Gasteiger partial charge on any atom is -0.480 e. The molecule has 106 valence electrons. The van der Waals surface area contributed by atoms with E-state index in [-0.39, 0.29) is 12.0 Å². The summed E-state index contributed by atoms with van der Waals surface area (Å²) in [6.45, 7) is 5.66. The van der Waals surface area contributed by atoms with Gasteiger partial charge in [-0.3, -0.25) is 10.1 Å². The molecule has 3 N–H and O–H groups in total. The molecule has 0 saturated heterocycles. The van der Waals surface area contributed by atoms with E-state index in [1.165, 1.54) is 0 Å². The van der Waals surface area contributed by atoms with Crippen LogP contribution in [0.1, 0.15) is 38.9 Å². The summed E-state index contributed by atoms with van der Waals surface area (Å²) >= 11 is 0. The molecule has 0 aliphatic carbocycles. The first kappa shape index (κ1) is 15.7. The van der Waals surface area contributed by atoms with E-state index in [2.05, 4.69) is 5.32 Å². The van der Waals surface area contributed by atoms with E-state index in [1.54, 1.807) is 6.92 Å². The number of carboxylic acid groups (broad SMARTS) is 1. The van der Waals surface area contributed by atoms with Crippen molar-refractivity contribution >= 4 is 5.97 Å². The SMILES string of the molecule is CCC(C)C(NC(C)C(O)c1ccccc1)C(=O)O. The first-order valence-electron chi connectivity index (χ1n) is 6.69. The molecule has 1 aromatic rings. The van der Waals surface area contributed by atoms with Crippen molar-refractivity contribution in [2.75, 3.05) is 0 Å². The summed E-state index contributed by atoms with van der Waals surface area (Å²) in [6, 6.07) is 8.30. The van der Waals surface area contributed by atoms with Crippen LogP contribution < -0.4 is 5.32 Å². The molecule has 0 aliphatic rings. The Kier molecular flexibility index (Phi) is 5.99. The predicted octanol–water partition coefficient (Wildman–Crippen LogP) is 2.20.